The molecule has 3 rings (SSSR count). The third-order valence-electron chi connectivity index (χ3n) is 5.40. The molecule has 11 heteroatoms. The van der Waals surface area contributed by atoms with Gasteiger partial charge in [-0.25, -0.2) is 14.2 Å². The molecule has 0 saturated carbocycles. The van der Waals surface area contributed by atoms with Crippen LogP contribution in [-0.2, 0) is 29.2 Å². The highest BCUT2D eigenvalue weighted by molar-refractivity contribution is 6.30. The molecule has 1 atom stereocenters. The van der Waals surface area contributed by atoms with Crippen molar-refractivity contribution in [1.29, 1.82) is 0 Å². The summed E-state index contributed by atoms with van der Waals surface area (Å²) in [6, 6.07) is 12.3. The molecule has 35 heavy (non-hydrogen) atoms. The number of esters is 1. The fraction of sp³-hybridized carbons (Fsp3) is 0.333. The van der Waals surface area contributed by atoms with Gasteiger partial charge >= 0.3 is 17.3 Å². The number of rotatable bonds is 10. The quantitative estimate of drug-likeness (QED) is 0.421. The van der Waals surface area contributed by atoms with Gasteiger partial charge in [-0.05, 0) is 29.8 Å². The van der Waals surface area contributed by atoms with Crippen LogP contribution >= 0.6 is 11.6 Å². The maximum atomic E-state index is 13.4. The van der Waals surface area contributed by atoms with Gasteiger partial charge in [0, 0.05) is 29.7 Å². The normalized spacial score (nSPS) is 11.6. The van der Waals surface area contributed by atoms with Gasteiger partial charge in [0.25, 0.3) is 0 Å². The van der Waals surface area contributed by atoms with Gasteiger partial charge in [-0.3, -0.25) is 9.36 Å². The van der Waals surface area contributed by atoms with Gasteiger partial charge in [0.05, 0.1) is 33.8 Å². The molecule has 0 radical (unpaired) electrons. The maximum Gasteiger partial charge on any atom is 0.354 e. The van der Waals surface area contributed by atoms with Crippen LogP contribution in [0.15, 0.2) is 52.1 Å². The van der Waals surface area contributed by atoms with E-state index in [-0.39, 0.29) is 25.6 Å². The van der Waals surface area contributed by atoms with Gasteiger partial charge in [-0.2, -0.15) is 4.98 Å². The smallest absolute Gasteiger partial charge is 0.354 e. The molecule has 186 valence electrons. The maximum absolute atomic E-state index is 13.4. The van der Waals surface area contributed by atoms with Crippen molar-refractivity contribution < 1.29 is 19.0 Å². The monoisotopic (exact) mass is 502 g/mol. The third-order valence-corrected chi connectivity index (χ3v) is 5.65. The van der Waals surface area contributed by atoms with Gasteiger partial charge in [-0.1, -0.05) is 30.7 Å². The Morgan fingerprint density at radius 3 is 2.40 bits per heavy atom. The highest BCUT2D eigenvalue weighted by atomic mass is 35.5. The van der Waals surface area contributed by atoms with Crippen LogP contribution in [0, 0.1) is 5.92 Å². The van der Waals surface area contributed by atoms with E-state index in [2.05, 4.69) is 10.3 Å². The second-order valence-electron chi connectivity index (χ2n) is 7.78. The van der Waals surface area contributed by atoms with Gasteiger partial charge < -0.3 is 19.5 Å². The lowest BCUT2D eigenvalue weighted by Crippen LogP contribution is -2.44. The van der Waals surface area contributed by atoms with Crippen LogP contribution in [0.1, 0.15) is 18.1 Å². The first-order valence-corrected chi connectivity index (χ1v) is 11.1. The van der Waals surface area contributed by atoms with Gasteiger partial charge in [0.1, 0.15) is 11.5 Å². The van der Waals surface area contributed by atoms with Gasteiger partial charge in [0.15, 0.2) is 0 Å². The summed E-state index contributed by atoms with van der Waals surface area (Å²) in [5.41, 5.74) is 0.154. The molecule has 0 amide bonds. The number of nitrogens with zero attached hydrogens (tertiary/aromatic N) is 3. The number of carbonyl (C=O) groups excluding carboxylic acids is 1. The standard InChI is InChI=1S/C24H27ClN4O6/c1-15(21(30)35-4)13-29-23(31)27-22(26-12-17-7-10-19(33-2)11-20(17)34-3)28(24(29)32)14-16-5-8-18(25)9-6-16/h5-11,15H,12-14H2,1-4H3,(H,26,27,31)/t15-/m0/s1. The number of benzene rings is 2. The number of hydrogen-bond acceptors (Lipinski definition) is 8. The van der Waals surface area contributed by atoms with Crippen molar-refractivity contribution >= 4 is 23.5 Å². The highest BCUT2D eigenvalue weighted by Crippen LogP contribution is 2.25. The number of carbonyl (C=O) groups is 1. The molecule has 0 bridgehead atoms. The minimum absolute atomic E-state index is 0.0785. The summed E-state index contributed by atoms with van der Waals surface area (Å²) in [6.07, 6.45) is 0. The molecular weight excluding hydrogens is 476 g/mol. The Labute approximate surface area is 207 Å². The summed E-state index contributed by atoms with van der Waals surface area (Å²) in [4.78, 5) is 42.1. The number of nitrogens with one attached hydrogen (secondary N) is 1. The number of anilines is 1. The number of ether oxygens (including phenoxy) is 3. The average Bonchev–Trinajstić information content (AvgIpc) is 2.87. The molecule has 3 aromatic rings. The van der Waals surface area contributed by atoms with Gasteiger partial charge in [-0.15, -0.1) is 0 Å². The van der Waals surface area contributed by atoms with E-state index in [1.807, 2.05) is 6.07 Å². The SMILES string of the molecule is COC(=O)[C@@H](C)Cn1c(=O)nc(NCc2ccc(OC)cc2OC)n(Cc2ccc(Cl)cc2)c1=O. The van der Waals surface area contributed by atoms with E-state index in [1.54, 1.807) is 50.4 Å². The van der Waals surface area contributed by atoms with E-state index in [9.17, 15) is 14.4 Å². The molecule has 0 spiro atoms. The van der Waals surface area contributed by atoms with Crippen molar-refractivity contribution in [2.45, 2.75) is 26.6 Å². The molecule has 0 unspecified atom stereocenters. The Morgan fingerprint density at radius 2 is 1.77 bits per heavy atom. The zero-order chi connectivity index (χ0) is 25.5. The van der Waals surface area contributed by atoms with Gasteiger partial charge in [0.2, 0.25) is 5.95 Å². The molecule has 0 aliphatic carbocycles. The number of halogens is 1. The Kier molecular flexibility index (Phi) is 8.53. The predicted octanol–water partition coefficient (Wildman–Crippen LogP) is 2.55. The molecule has 1 heterocycles. The summed E-state index contributed by atoms with van der Waals surface area (Å²) in [6.45, 7) is 1.76. The van der Waals surface area contributed by atoms with Crippen LogP contribution in [-0.4, -0.2) is 41.4 Å². The molecule has 1 N–H and O–H groups in total. The molecule has 0 aliphatic rings. The van der Waals surface area contributed by atoms with Crippen LogP contribution < -0.4 is 26.2 Å². The van der Waals surface area contributed by atoms with Crippen LogP contribution in [0.3, 0.4) is 0 Å². The number of hydrogen-bond donors (Lipinski definition) is 1. The van der Waals surface area contributed by atoms with Crippen molar-refractivity contribution in [1.82, 2.24) is 14.1 Å². The Bertz CT molecular complexity index is 1300. The Balaban J connectivity index is 2.00. The van der Waals surface area contributed by atoms with Crippen molar-refractivity contribution in [2.75, 3.05) is 26.6 Å². The van der Waals surface area contributed by atoms with Crippen LogP contribution in [0.2, 0.25) is 5.02 Å². The first-order chi connectivity index (χ1) is 16.8. The van der Waals surface area contributed by atoms with Crippen molar-refractivity contribution in [2.24, 2.45) is 5.92 Å². The minimum Gasteiger partial charge on any atom is -0.497 e. The highest BCUT2D eigenvalue weighted by Gasteiger charge is 2.20. The fourth-order valence-corrected chi connectivity index (χ4v) is 3.58. The van der Waals surface area contributed by atoms with E-state index in [4.69, 9.17) is 25.8 Å². The number of aromatic nitrogens is 3. The van der Waals surface area contributed by atoms with Crippen molar-refractivity contribution in [3.8, 4) is 11.5 Å². The average molecular weight is 503 g/mol. The minimum atomic E-state index is -0.776. The molecule has 1 aromatic heterocycles. The molecule has 10 nitrogen and oxygen atoms in total. The lowest BCUT2D eigenvalue weighted by molar-refractivity contribution is -0.145. The molecule has 0 saturated heterocycles. The summed E-state index contributed by atoms with van der Waals surface area (Å²) in [5.74, 6) is 0.0390. The fourth-order valence-electron chi connectivity index (χ4n) is 3.46. The molecular formula is C24H27ClN4O6. The summed E-state index contributed by atoms with van der Waals surface area (Å²) in [7, 11) is 4.35. The lowest BCUT2D eigenvalue weighted by Gasteiger charge is -2.18. The number of methoxy groups -OCH3 is 3. The second-order valence-corrected chi connectivity index (χ2v) is 8.22. The van der Waals surface area contributed by atoms with Crippen LogP contribution in [0.25, 0.3) is 0 Å². The largest absolute Gasteiger partial charge is 0.497 e. The zero-order valence-corrected chi connectivity index (χ0v) is 20.7. The zero-order valence-electron chi connectivity index (χ0n) is 19.9. The van der Waals surface area contributed by atoms with E-state index in [0.717, 1.165) is 15.7 Å². The Hall–Kier alpha value is -3.79. The molecule has 0 aliphatic heterocycles. The summed E-state index contributed by atoms with van der Waals surface area (Å²) in [5, 5.41) is 3.63. The topological polar surface area (TPSA) is 114 Å². The first-order valence-electron chi connectivity index (χ1n) is 10.8. The summed E-state index contributed by atoms with van der Waals surface area (Å²) >= 11 is 5.99. The predicted molar refractivity (Wildman–Crippen MR) is 131 cm³/mol. The molecule has 0 fully saturated rings. The van der Waals surface area contributed by atoms with Crippen LogP contribution in [0.4, 0.5) is 5.95 Å². The van der Waals surface area contributed by atoms with E-state index < -0.39 is 23.3 Å². The van der Waals surface area contributed by atoms with Crippen molar-refractivity contribution in [3.05, 3.63) is 79.6 Å². The van der Waals surface area contributed by atoms with Crippen LogP contribution in [0.5, 0.6) is 11.5 Å². The van der Waals surface area contributed by atoms with E-state index in [0.29, 0.717) is 16.5 Å². The summed E-state index contributed by atoms with van der Waals surface area (Å²) < 4.78 is 17.6. The second kappa shape index (κ2) is 11.6. The lowest BCUT2D eigenvalue weighted by atomic mass is 10.2. The van der Waals surface area contributed by atoms with E-state index in [1.165, 1.54) is 18.8 Å². The first kappa shape index (κ1) is 25.8. The Morgan fingerprint density at radius 1 is 1.06 bits per heavy atom. The van der Waals surface area contributed by atoms with Crippen molar-refractivity contribution in [3.63, 3.8) is 0 Å². The third kappa shape index (κ3) is 6.21. The van der Waals surface area contributed by atoms with E-state index >= 15 is 0 Å². The molecule has 2 aromatic carbocycles.